The number of hydrogen-bond acceptors (Lipinski definition) is 2. The summed E-state index contributed by atoms with van der Waals surface area (Å²) in [6, 6.07) is 7.42. The minimum atomic E-state index is -0.272. The number of nitrogens with zero attached hydrogens (tertiary/aromatic N) is 1. The highest BCUT2D eigenvalue weighted by molar-refractivity contribution is 5.84. The van der Waals surface area contributed by atoms with Crippen LogP contribution in [0.2, 0.25) is 0 Å². The standard InChI is InChI=1S/C17H17FN2O2/c1-10-7-13(21)9-17(22)20(10)6-5-14-11(2)19-16-4-3-12(18)8-15(14)16/h3-4,7-9,19,21H,5-6H2,1-2H3. The molecule has 3 rings (SSSR count). The second kappa shape index (κ2) is 5.33. The van der Waals surface area contributed by atoms with E-state index >= 15 is 0 Å². The molecule has 2 heterocycles. The quantitative estimate of drug-likeness (QED) is 0.781. The topological polar surface area (TPSA) is 58.0 Å². The maximum Gasteiger partial charge on any atom is 0.254 e. The molecule has 3 aromatic rings. The van der Waals surface area contributed by atoms with Crippen molar-refractivity contribution < 1.29 is 9.50 Å². The molecule has 0 aliphatic rings. The first-order chi connectivity index (χ1) is 10.5. The maximum absolute atomic E-state index is 13.5. The zero-order valence-electron chi connectivity index (χ0n) is 12.5. The summed E-state index contributed by atoms with van der Waals surface area (Å²) < 4.78 is 15.1. The average molecular weight is 300 g/mol. The average Bonchev–Trinajstić information content (AvgIpc) is 2.73. The van der Waals surface area contributed by atoms with Crippen LogP contribution in [-0.2, 0) is 13.0 Å². The molecule has 0 amide bonds. The van der Waals surface area contributed by atoms with Gasteiger partial charge >= 0.3 is 0 Å². The van der Waals surface area contributed by atoms with E-state index in [0.717, 1.165) is 22.2 Å². The number of halogens is 1. The molecule has 4 nitrogen and oxygen atoms in total. The number of aromatic nitrogens is 2. The van der Waals surface area contributed by atoms with Gasteiger partial charge in [0.2, 0.25) is 0 Å². The number of pyridine rings is 1. The van der Waals surface area contributed by atoms with Gasteiger partial charge in [-0.2, -0.15) is 0 Å². The first-order valence-corrected chi connectivity index (χ1v) is 7.13. The summed E-state index contributed by atoms with van der Waals surface area (Å²) in [6.45, 7) is 4.21. The molecule has 0 atom stereocenters. The summed E-state index contributed by atoms with van der Waals surface area (Å²) in [5.74, 6) is -0.296. The van der Waals surface area contributed by atoms with Gasteiger partial charge in [-0.25, -0.2) is 4.39 Å². The second-order valence-electron chi connectivity index (χ2n) is 5.51. The van der Waals surface area contributed by atoms with Crippen LogP contribution in [0.1, 0.15) is 17.0 Å². The number of aryl methyl sites for hydroxylation is 3. The first kappa shape index (κ1) is 14.4. The van der Waals surface area contributed by atoms with E-state index in [1.807, 2.05) is 6.92 Å². The molecule has 0 saturated heterocycles. The minimum absolute atomic E-state index is 0.0240. The third kappa shape index (κ3) is 2.50. The molecule has 22 heavy (non-hydrogen) atoms. The summed E-state index contributed by atoms with van der Waals surface area (Å²) in [7, 11) is 0. The molecule has 0 saturated carbocycles. The van der Waals surface area contributed by atoms with E-state index < -0.39 is 0 Å². The Morgan fingerprint density at radius 3 is 2.73 bits per heavy atom. The van der Waals surface area contributed by atoms with Gasteiger partial charge in [-0.05, 0) is 50.1 Å². The molecule has 2 N–H and O–H groups in total. The number of aromatic amines is 1. The largest absolute Gasteiger partial charge is 0.508 e. The molecular formula is C17H17FN2O2. The highest BCUT2D eigenvalue weighted by Gasteiger charge is 2.11. The number of H-pyrrole nitrogens is 1. The molecule has 1 aromatic carbocycles. The third-order valence-corrected chi connectivity index (χ3v) is 3.99. The van der Waals surface area contributed by atoms with Gasteiger partial charge in [0.05, 0.1) is 0 Å². The van der Waals surface area contributed by atoms with Gasteiger partial charge < -0.3 is 14.7 Å². The van der Waals surface area contributed by atoms with Crippen molar-refractivity contribution >= 4 is 10.9 Å². The zero-order valence-corrected chi connectivity index (χ0v) is 12.5. The summed E-state index contributed by atoms with van der Waals surface area (Å²) in [5, 5.41) is 10.3. The molecule has 0 radical (unpaired) electrons. The lowest BCUT2D eigenvalue weighted by molar-refractivity contribution is 0.469. The third-order valence-electron chi connectivity index (χ3n) is 3.99. The second-order valence-corrected chi connectivity index (χ2v) is 5.51. The van der Waals surface area contributed by atoms with Gasteiger partial charge in [-0.1, -0.05) is 0 Å². The Labute approximate surface area is 126 Å². The number of aromatic hydroxyl groups is 1. The van der Waals surface area contributed by atoms with Crippen molar-refractivity contribution in [2.75, 3.05) is 0 Å². The van der Waals surface area contributed by atoms with Crippen LogP contribution < -0.4 is 5.56 Å². The maximum atomic E-state index is 13.5. The fraction of sp³-hybridized carbons (Fsp3) is 0.235. The molecule has 5 heteroatoms. The molecular weight excluding hydrogens is 283 g/mol. The van der Waals surface area contributed by atoms with Crippen LogP contribution in [0.25, 0.3) is 10.9 Å². The van der Waals surface area contributed by atoms with Crippen LogP contribution in [0, 0.1) is 19.7 Å². The number of nitrogens with one attached hydrogen (secondary N) is 1. The Bertz CT molecular complexity index is 909. The van der Waals surface area contributed by atoms with Gasteiger partial charge in [-0.15, -0.1) is 0 Å². The lowest BCUT2D eigenvalue weighted by Gasteiger charge is -2.10. The Morgan fingerprint density at radius 2 is 2.00 bits per heavy atom. The van der Waals surface area contributed by atoms with Crippen LogP contribution in [-0.4, -0.2) is 14.7 Å². The summed E-state index contributed by atoms with van der Waals surface area (Å²) in [5.41, 5.74) is 3.34. The molecule has 0 fully saturated rings. The van der Waals surface area contributed by atoms with Crippen molar-refractivity contribution in [2.45, 2.75) is 26.8 Å². The number of hydrogen-bond donors (Lipinski definition) is 2. The predicted molar refractivity (Wildman–Crippen MR) is 83.8 cm³/mol. The lowest BCUT2D eigenvalue weighted by atomic mass is 10.1. The summed E-state index contributed by atoms with van der Waals surface area (Å²) in [6.07, 6.45) is 0.612. The Morgan fingerprint density at radius 1 is 1.23 bits per heavy atom. The van der Waals surface area contributed by atoms with Gasteiger partial charge in [0, 0.05) is 34.9 Å². The van der Waals surface area contributed by atoms with Gasteiger partial charge in [0.15, 0.2) is 0 Å². The van der Waals surface area contributed by atoms with Crippen molar-refractivity contribution in [3.63, 3.8) is 0 Å². The first-order valence-electron chi connectivity index (χ1n) is 7.13. The summed E-state index contributed by atoms with van der Waals surface area (Å²) >= 11 is 0. The van der Waals surface area contributed by atoms with Crippen LogP contribution in [0.3, 0.4) is 0 Å². The van der Waals surface area contributed by atoms with E-state index in [1.165, 1.54) is 18.2 Å². The lowest BCUT2D eigenvalue weighted by Crippen LogP contribution is -2.22. The van der Waals surface area contributed by atoms with Crippen molar-refractivity contribution in [3.8, 4) is 5.75 Å². The minimum Gasteiger partial charge on any atom is -0.508 e. The smallest absolute Gasteiger partial charge is 0.254 e. The van der Waals surface area contributed by atoms with E-state index in [0.29, 0.717) is 18.7 Å². The Hall–Kier alpha value is -2.56. The van der Waals surface area contributed by atoms with E-state index in [4.69, 9.17) is 0 Å². The SMILES string of the molecule is Cc1[nH]c2ccc(F)cc2c1CCn1c(C)cc(O)cc1=O. The number of rotatable bonds is 3. The van der Waals surface area contributed by atoms with Crippen molar-refractivity contribution in [2.24, 2.45) is 0 Å². The summed E-state index contributed by atoms with van der Waals surface area (Å²) in [4.78, 5) is 15.2. The van der Waals surface area contributed by atoms with Crippen LogP contribution in [0.4, 0.5) is 4.39 Å². The predicted octanol–water partition coefficient (Wildman–Crippen LogP) is 3.03. The van der Waals surface area contributed by atoms with Crippen LogP contribution >= 0.6 is 0 Å². The van der Waals surface area contributed by atoms with E-state index in [2.05, 4.69) is 4.98 Å². The van der Waals surface area contributed by atoms with Gasteiger partial charge in [0.1, 0.15) is 11.6 Å². The van der Waals surface area contributed by atoms with E-state index in [9.17, 15) is 14.3 Å². The van der Waals surface area contributed by atoms with Gasteiger partial charge in [0.25, 0.3) is 5.56 Å². The van der Waals surface area contributed by atoms with Crippen LogP contribution in [0.5, 0.6) is 5.75 Å². The number of benzene rings is 1. The van der Waals surface area contributed by atoms with Crippen LogP contribution in [0.15, 0.2) is 35.1 Å². The highest BCUT2D eigenvalue weighted by Crippen LogP contribution is 2.24. The van der Waals surface area contributed by atoms with E-state index in [-0.39, 0.29) is 17.1 Å². The zero-order chi connectivity index (χ0) is 15.9. The van der Waals surface area contributed by atoms with Gasteiger partial charge in [-0.3, -0.25) is 4.79 Å². The fourth-order valence-corrected chi connectivity index (χ4v) is 2.90. The monoisotopic (exact) mass is 300 g/mol. The molecule has 0 spiro atoms. The van der Waals surface area contributed by atoms with E-state index in [1.54, 1.807) is 23.6 Å². The Kier molecular flexibility index (Phi) is 3.48. The number of fused-ring (bicyclic) bond motifs is 1. The Balaban J connectivity index is 1.96. The molecule has 114 valence electrons. The molecule has 0 bridgehead atoms. The van der Waals surface area contributed by atoms with Crippen molar-refractivity contribution in [3.05, 3.63) is 63.5 Å². The molecule has 0 aliphatic heterocycles. The van der Waals surface area contributed by atoms with Crippen molar-refractivity contribution in [1.82, 2.24) is 9.55 Å². The fourth-order valence-electron chi connectivity index (χ4n) is 2.90. The highest BCUT2D eigenvalue weighted by atomic mass is 19.1. The normalized spacial score (nSPS) is 11.2. The molecule has 0 unspecified atom stereocenters. The van der Waals surface area contributed by atoms with Crippen molar-refractivity contribution in [1.29, 1.82) is 0 Å². The molecule has 0 aliphatic carbocycles. The molecule has 2 aromatic heterocycles.